The highest BCUT2D eigenvalue weighted by atomic mass is 35.5. The Morgan fingerprint density at radius 1 is 1.46 bits per heavy atom. The van der Waals surface area contributed by atoms with Crippen LogP contribution in [0.1, 0.15) is 5.56 Å². The summed E-state index contributed by atoms with van der Waals surface area (Å²) < 4.78 is 30.3. The number of aryl methyl sites for hydroxylation is 1. The van der Waals surface area contributed by atoms with Crippen molar-refractivity contribution < 1.29 is 13.0 Å². The number of nitrogen functional groups attached to an aromatic ring is 1. The van der Waals surface area contributed by atoms with Crippen LogP contribution in [0.15, 0.2) is 17.0 Å². The van der Waals surface area contributed by atoms with Crippen LogP contribution in [0.3, 0.4) is 0 Å². The van der Waals surface area contributed by atoms with Crippen molar-refractivity contribution in [1.29, 1.82) is 0 Å². The third-order valence-corrected chi connectivity index (χ3v) is 3.01. The van der Waals surface area contributed by atoms with Crippen molar-refractivity contribution in [2.24, 2.45) is 0 Å². The van der Waals surface area contributed by atoms with E-state index in [0.717, 1.165) is 6.07 Å². The van der Waals surface area contributed by atoms with Gasteiger partial charge in [-0.1, -0.05) is 11.6 Å². The molecule has 0 radical (unpaired) electrons. The van der Waals surface area contributed by atoms with Crippen LogP contribution in [0.4, 0.5) is 5.69 Å². The number of halogens is 1. The Labute approximate surface area is 81.1 Å². The molecule has 4 nitrogen and oxygen atoms in total. The molecule has 0 atom stereocenters. The molecule has 1 aromatic carbocycles. The molecule has 0 aliphatic rings. The van der Waals surface area contributed by atoms with E-state index in [4.69, 9.17) is 21.9 Å². The largest absolute Gasteiger partial charge is 0.399 e. The molecule has 1 rings (SSSR count). The fourth-order valence-electron chi connectivity index (χ4n) is 0.952. The number of anilines is 1. The highest BCUT2D eigenvalue weighted by Gasteiger charge is 2.16. The molecule has 0 aromatic heterocycles. The van der Waals surface area contributed by atoms with Crippen LogP contribution in [0.2, 0.25) is 5.02 Å². The van der Waals surface area contributed by atoms with Gasteiger partial charge in [-0.15, -0.1) is 0 Å². The molecule has 1 aromatic rings. The van der Waals surface area contributed by atoms with E-state index in [1.54, 1.807) is 6.92 Å². The van der Waals surface area contributed by atoms with Gasteiger partial charge in [0.2, 0.25) is 0 Å². The molecule has 0 saturated heterocycles. The Morgan fingerprint density at radius 2 is 2.00 bits per heavy atom. The van der Waals surface area contributed by atoms with Crippen molar-refractivity contribution in [2.45, 2.75) is 11.8 Å². The molecule has 0 aliphatic heterocycles. The smallest absolute Gasteiger partial charge is 0.296 e. The number of nitrogens with two attached hydrogens (primary N) is 1. The van der Waals surface area contributed by atoms with Gasteiger partial charge in [0.15, 0.2) is 0 Å². The van der Waals surface area contributed by atoms with Gasteiger partial charge in [-0.25, -0.2) is 0 Å². The van der Waals surface area contributed by atoms with Crippen LogP contribution in [-0.4, -0.2) is 13.0 Å². The summed E-state index contributed by atoms with van der Waals surface area (Å²) in [4.78, 5) is -0.355. The molecular weight excluding hydrogens is 214 g/mol. The molecule has 72 valence electrons. The predicted molar refractivity (Wildman–Crippen MR) is 50.4 cm³/mol. The molecule has 0 saturated carbocycles. The van der Waals surface area contributed by atoms with Gasteiger partial charge < -0.3 is 5.73 Å². The maximum atomic E-state index is 10.8. The third kappa shape index (κ3) is 2.12. The molecule has 0 fully saturated rings. The van der Waals surface area contributed by atoms with Crippen molar-refractivity contribution >= 4 is 27.4 Å². The van der Waals surface area contributed by atoms with Gasteiger partial charge in [0.05, 0.1) is 5.02 Å². The van der Waals surface area contributed by atoms with Gasteiger partial charge >= 0.3 is 0 Å². The first-order valence-corrected chi connectivity index (χ1v) is 5.17. The molecule has 0 spiro atoms. The van der Waals surface area contributed by atoms with E-state index in [1.165, 1.54) is 6.07 Å². The SMILES string of the molecule is Cc1cc(N)cc(S(=O)(=O)O)c1Cl. The van der Waals surface area contributed by atoms with E-state index in [-0.39, 0.29) is 15.6 Å². The van der Waals surface area contributed by atoms with E-state index in [2.05, 4.69) is 0 Å². The second kappa shape index (κ2) is 3.17. The van der Waals surface area contributed by atoms with Crippen LogP contribution in [-0.2, 0) is 10.1 Å². The van der Waals surface area contributed by atoms with Crippen LogP contribution in [0, 0.1) is 6.92 Å². The van der Waals surface area contributed by atoms with Crippen molar-refractivity contribution in [3.63, 3.8) is 0 Å². The van der Waals surface area contributed by atoms with Crippen LogP contribution < -0.4 is 5.73 Å². The molecule has 6 heteroatoms. The average molecular weight is 222 g/mol. The minimum Gasteiger partial charge on any atom is -0.399 e. The minimum atomic E-state index is -4.29. The number of hydrogen-bond acceptors (Lipinski definition) is 3. The molecular formula is C7H8ClNO3S. The van der Waals surface area contributed by atoms with E-state index >= 15 is 0 Å². The molecule has 0 unspecified atom stereocenters. The minimum absolute atomic E-state index is 0.00306. The van der Waals surface area contributed by atoms with Crippen LogP contribution >= 0.6 is 11.6 Å². The van der Waals surface area contributed by atoms with Crippen molar-refractivity contribution in [3.05, 3.63) is 22.7 Å². The lowest BCUT2D eigenvalue weighted by molar-refractivity contribution is 0.483. The van der Waals surface area contributed by atoms with Crippen LogP contribution in [0.5, 0.6) is 0 Å². The van der Waals surface area contributed by atoms with Crippen LogP contribution in [0.25, 0.3) is 0 Å². The summed E-state index contributed by atoms with van der Waals surface area (Å²) in [6.07, 6.45) is 0. The average Bonchev–Trinajstić information content (AvgIpc) is 1.94. The first kappa shape index (κ1) is 10.3. The molecule has 0 aliphatic carbocycles. The number of benzene rings is 1. The van der Waals surface area contributed by atoms with Gasteiger partial charge in [0.1, 0.15) is 4.90 Å². The Balaban J connectivity index is 3.56. The van der Waals surface area contributed by atoms with Gasteiger partial charge in [-0.3, -0.25) is 4.55 Å². The van der Waals surface area contributed by atoms with E-state index in [9.17, 15) is 8.42 Å². The molecule has 13 heavy (non-hydrogen) atoms. The number of rotatable bonds is 1. The van der Waals surface area contributed by atoms with E-state index in [0.29, 0.717) is 5.56 Å². The quantitative estimate of drug-likeness (QED) is 0.556. The second-order valence-corrected chi connectivity index (χ2v) is 4.39. The predicted octanol–water partition coefficient (Wildman–Crippen LogP) is 1.48. The van der Waals surface area contributed by atoms with Gasteiger partial charge in [0.25, 0.3) is 10.1 Å². The first-order chi connectivity index (χ1) is 5.82. The molecule has 0 bridgehead atoms. The van der Waals surface area contributed by atoms with Gasteiger partial charge in [0, 0.05) is 5.69 Å². The van der Waals surface area contributed by atoms with Gasteiger partial charge in [-0.2, -0.15) is 8.42 Å². The highest BCUT2D eigenvalue weighted by Crippen LogP contribution is 2.27. The number of hydrogen-bond donors (Lipinski definition) is 2. The Hall–Kier alpha value is -0.780. The monoisotopic (exact) mass is 221 g/mol. The van der Waals surface area contributed by atoms with Gasteiger partial charge in [-0.05, 0) is 24.6 Å². The highest BCUT2D eigenvalue weighted by molar-refractivity contribution is 7.86. The summed E-state index contributed by atoms with van der Waals surface area (Å²) >= 11 is 5.66. The zero-order chi connectivity index (χ0) is 10.2. The lowest BCUT2D eigenvalue weighted by atomic mass is 10.2. The summed E-state index contributed by atoms with van der Waals surface area (Å²) in [5.41, 5.74) is 6.14. The fourth-order valence-corrected chi connectivity index (χ4v) is 2.03. The zero-order valence-corrected chi connectivity index (χ0v) is 8.35. The standard InChI is InChI=1S/C7H8ClNO3S/c1-4-2-5(9)3-6(7(4)8)13(10,11)12/h2-3H,9H2,1H3,(H,10,11,12). The fraction of sp³-hybridized carbons (Fsp3) is 0.143. The molecule has 3 N–H and O–H groups in total. The summed E-state index contributed by atoms with van der Waals surface area (Å²) in [7, 11) is -4.29. The van der Waals surface area contributed by atoms with E-state index in [1.807, 2.05) is 0 Å². The van der Waals surface area contributed by atoms with Crippen molar-refractivity contribution in [1.82, 2.24) is 0 Å². The maximum absolute atomic E-state index is 10.8. The normalized spacial score (nSPS) is 11.6. The van der Waals surface area contributed by atoms with E-state index < -0.39 is 10.1 Å². The zero-order valence-electron chi connectivity index (χ0n) is 6.78. The lowest BCUT2D eigenvalue weighted by Crippen LogP contribution is -2.01. The Morgan fingerprint density at radius 3 is 2.46 bits per heavy atom. The molecule has 0 amide bonds. The summed E-state index contributed by atoms with van der Waals surface area (Å²) in [6.45, 7) is 1.60. The van der Waals surface area contributed by atoms with Crippen molar-refractivity contribution in [2.75, 3.05) is 5.73 Å². The Bertz CT molecular complexity index is 441. The lowest BCUT2D eigenvalue weighted by Gasteiger charge is -2.05. The molecule has 0 heterocycles. The summed E-state index contributed by atoms with van der Waals surface area (Å²) in [5.74, 6) is 0. The summed E-state index contributed by atoms with van der Waals surface area (Å²) in [5, 5.41) is -0.00306. The Kier molecular flexibility index (Phi) is 2.51. The van der Waals surface area contributed by atoms with Crippen molar-refractivity contribution in [3.8, 4) is 0 Å². The second-order valence-electron chi connectivity index (χ2n) is 2.62. The maximum Gasteiger partial charge on any atom is 0.296 e. The topological polar surface area (TPSA) is 80.4 Å². The third-order valence-electron chi connectivity index (χ3n) is 1.52. The first-order valence-electron chi connectivity index (χ1n) is 3.35. The summed E-state index contributed by atoms with van der Waals surface area (Å²) in [6, 6.07) is 2.64.